The van der Waals surface area contributed by atoms with Crippen LogP contribution >= 0.6 is 0 Å². The Kier molecular flexibility index (Phi) is 4.47. The van der Waals surface area contributed by atoms with Gasteiger partial charge in [-0.05, 0) is 47.4 Å². The van der Waals surface area contributed by atoms with Crippen LogP contribution in [0.15, 0.2) is 71.3 Å². The first-order valence-electron chi connectivity index (χ1n) is 11.4. The highest BCUT2D eigenvalue weighted by Crippen LogP contribution is 2.44. The number of pyridine rings is 1. The van der Waals surface area contributed by atoms with Crippen molar-refractivity contribution in [1.29, 1.82) is 0 Å². The number of furan rings is 1. The van der Waals surface area contributed by atoms with Gasteiger partial charge in [0.1, 0.15) is 11.2 Å². The smallest absolute Gasteiger partial charge is 0.145 e. The fraction of sp³-hybridized carbons (Fsp3) is 0.250. The van der Waals surface area contributed by atoms with Gasteiger partial charge in [-0.2, -0.15) is 0 Å². The lowest BCUT2D eigenvalue weighted by atomic mass is 9.45. The molecule has 3 aromatic carbocycles. The van der Waals surface area contributed by atoms with Crippen molar-refractivity contribution in [2.45, 2.75) is 37.8 Å². The van der Waals surface area contributed by atoms with Crippen LogP contribution in [0.25, 0.3) is 44.0 Å². The maximum atomic E-state index is 6.72. The molecular weight excluding hydrogens is 388 g/mol. The van der Waals surface area contributed by atoms with Gasteiger partial charge in [-0.1, -0.05) is 78.9 Å². The van der Waals surface area contributed by atoms with Crippen LogP contribution in [0, 0.1) is 12.8 Å². The minimum absolute atomic E-state index is 0.293. The highest BCUT2D eigenvalue weighted by atomic mass is 16.3. The second kappa shape index (κ2) is 7.27. The van der Waals surface area contributed by atoms with Crippen LogP contribution in [0.5, 0.6) is 0 Å². The van der Waals surface area contributed by atoms with E-state index in [2.05, 4.69) is 49.4 Å². The standard InChI is InChI=1S/C28H23B2NO/c1-17-20-10-4-5-11-21(20)26-22-12-6-7-13-24(22)32-27(26)25(17)23-16-19(14-15-31-23)28(29,30)18-8-2-3-9-18/h4-7,10-16,18H,2-3,8-9H2,1H3. The zero-order valence-electron chi connectivity index (χ0n) is 18.3. The van der Waals surface area contributed by atoms with Crippen molar-refractivity contribution < 1.29 is 4.42 Å². The van der Waals surface area contributed by atoms with Gasteiger partial charge in [0, 0.05) is 22.5 Å². The summed E-state index contributed by atoms with van der Waals surface area (Å²) in [4.78, 5) is 4.77. The molecule has 1 fully saturated rings. The molecule has 0 atom stereocenters. The number of aryl methyl sites for hydroxylation is 1. The average molecular weight is 411 g/mol. The van der Waals surface area contributed by atoms with Gasteiger partial charge in [-0.25, -0.2) is 0 Å². The molecule has 5 aromatic rings. The summed E-state index contributed by atoms with van der Waals surface area (Å²) in [5.41, 5.74) is 5.71. The summed E-state index contributed by atoms with van der Waals surface area (Å²) in [6.45, 7) is 2.15. The molecule has 0 amide bonds. The Hall–Kier alpha value is -3.00. The molecule has 1 aliphatic carbocycles. The van der Waals surface area contributed by atoms with Crippen molar-refractivity contribution in [3.8, 4) is 11.3 Å². The van der Waals surface area contributed by atoms with Gasteiger partial charge >= 0.3 is 0 Å². The number of aromatic nitrogens is 1. The monoisotopic (exact) mass is 411 g/mol. The topological polar surface area (TPSA) is 26.0 Å². The van der Waals surface area contributed by atoms with Crippen molar-refractivity contribution in [2.24, 2.45) is 5.92 Å². The van der Waals surface area contributed by atoms with E-state index in [1.54, 1.807) is 0 Å². The Labute approximate surface area is 190 Å². The van der Waals surface area contributed by atoms with Crippen molar-refractivity contribution in [1.82, 2.24) is 4.98 Å². The van der Waals surface area contributed by atoms with E-state index in [-0.39, 0.29) is 0 Å². The average Bonchev–Trinajstić information content (AvgIpc) is 3.48. The van der Waals surface area contributed by atoms with Crippen LogP contribution in [0.3, 0.4) is 0 Å². The van der Waals surface area contributed by atoms with Crippen LogP contribution in [0.1, 0.15) is 36.8 Å². The molecule has 0 unspecified atom stereocenters. The Morgan fingerprint density at radius 3 is 2.38 bits per heavy atom. The summed E-state index contributed by atoms with van der Waals surface area (Å²) in [5.74, 6) is 0.293. The summed E-state index contributed by atoms with van der Waals surface area (Å²) in [6.07, 6.45) is 6.38. The first kappa shape index (κ1) is 19.7. The Morgan fingerprint density at radius 2 is 1.59 bits per heavy atom. The van der Waals surface area contributed by atoms with Crippen LogP contribution in [0.4, 0.5) is 0 Å². The lowest BCUT2D eigenvalue weighted by molar-refractivity contribution is 0.486. The molecule has 0 saturated heterocycles. The largest absolute Gasteiger partial charge is 0.455 e. The molecule has 2 nitrogen and oxygen atoms in total. The van der Waals surface area contributed by atoms with E-state index in [4.69, 9.17) is 25.1 Å². The molecule has 1 saturated carbocycles. The van der Waals surface area contributed by atoms with Gasteiger partial charge in [-0.15, -0.1) is 0 Å². The van der Waals surface area contributed by atoms with Crippen LogP contribution < -0.4 is 0 Å². The van der Waals surface area contributed by atoms with Gasteiger partial charge in [0.05, 0.1) is 21.4 Å². The molecule has 2 aromatic heterocycles. The molecule has 152 valence electrons. The van der Waals surface area contributed by atoms with E-state index in [0.29, 0.717) is 5.92 Å². The second-order valence-corrected chi connectivity index (χ2v) is 9.19. The van der Waals surface area contributed by atoms with Gasteiger partial charge in [0.25, 0.3) is 0 Å². The lowest BCUT2D eigenvalue weighted by Gasteiger charge is -2.33. The van der Waals surface area contributed by atoms with Crippen molar-refractivity contribution >= 4 is 48.4 Å². The lowest BCUT2D eigenvalue weighted by Crippen LogP contribution is -2.35. The Morgan fingerprint density at radius 1 is 0.906 bits per heavy atom. The van der Waals surface area contributed by atoms with Crippen molar-refractivity contribution in [2.75, 3.05) is 0 Å². The third-order valence-electron chi connectivity index (χ3n) is 7.34. The van der Waals surface area contributed by atoms with Gasteiger partial charge in [0.15, 0.2) is 0 Å². The molecule has 4 heteroatoms. The molecule has 2 heterocycles. The summed E-state index contributed by atoms with van der Waals surface area (Å²) in [7, 11) is 13.4. The molecular formula is C28H23B2NO. The number of nitrogens with zero attached hydrogens (tertiary/aromatic N) is 1. The second-order valence-electron chi connectivity index (χ2n) is 9.19. The van der Waals surface area contributed by atoms with Crippen LogP contribution in [-0.4, -0.2) is 20.7 Å². The molecule has 1 aliphatic rings. The molecule has 0 bridgehead atoms. The number of rotatable bonds is 3. The number of benzene rings is 3. The van der Waals surface area contributed by atoms with E-state index in [1.165, 1.54) is 23.6 Å². The van der Waals surface area contributed by atoms with Crippen LogP contribution in [0.2, 0.25) is 0 Å². The SMILES string of the molecule is [B]C([B])(c1ccnc(-c2c(C)c3ccccc3c3c2oc2ccccc23)c1)C1CCCC1. The quantitative estimate of drug-likeness (QED) is 0.306. The van der Waals surface area contributed by atoms with E-state index < -0.39 is 5.21 Å². The fourth-order valence-electron chi connectivity index (χ4n) is 5.61. The van der Waals surface area contributed by atoms with Crippen molar-refractivity contribution in [3.05, 3.63) is 78.0 Å². The number of para-hydroxylation sites is 1. The highest BCUT2D eigenvalue weighted by Gasteiger charge is 2.32. The highest BCUT2D eigenvalue weighted by molar-refractivity contribution is 6.40. The molecule has 0 spiro atoms. The zero-order chi connectivity index (χ0) is 21.9. The number of fused-ring (bicyclic) bond motifs is 5. The zero-order valence-corrected chi connectivity index (χ0v) is 18.3. The van der Waals surface area contributed by atoms with Crippen LogP contribution in [-0.2, 0) is 5.21 Å². The van der Waals surface area contributed by atoms with Gasteiger partial charge in [0.2, 0.25) is 0 Å². The maximum absolute atomic E-state index is 6.72. The first-order valence-corrected chi connectivity index (χ1v) is 11.4. The Bertz CT molecular complexity index is 1480. The number of hydrogen-bond donors (Lipinski definition) is 0. The van der Waals surface area contributed by atoms with E-state index >= 15 is 0 Å². The summed E-state index contributed by atoms with van der Waals surface area (Å²) in [6, 6.07) is 20.8. The predicted molar refractivity (Wildman–Crippen MR) is 134 cm³/mol. The minimum atomic E-state index is -0.855. The third-order valence-corrected chi connectivity index (χ3v) is 7.34. The first-order chi connectivity index (χ1) is 15.6. The van der Waals surface area contributed by atoms with Gasteiger partial charge in [-0.3, -0.25) is 4.98 Å². The van der Waals surface area contributed by atoms with E-state index in [9.17, 15) is 0 Å². The third kappa shape index (κ3) is 2.85. The molecule has 32 heavy (non-hydrogen) atoms. The number of hydrogen-bond acceptors (Lipinski definition) is 2. The molecule has 0 N–H and O–H groups in total. The predicted octanol–water partition coefficient (Wildman–Crippen LogP) is 6.79. The minimum Gasteiger partial charge on any atom is -0.455 e. The normalized spacial score (nSPS) is 15.3. The summed E-state index contributed by atoms with van der Waals surface area (Å²) in [5, 5.41) is 3.80. The summed E-state index contributed by atoms with van der Waals surface area (Å²) < 4.78 is 6.45. The fourth-order valence-corrected chi connectivity index (χ4v) is 5.61. The maximum Gasteiger partial charge on any atom is 0.145 e. The molecule has 0 aliphatic heterocycles. The van der Waals surface area contributed by atoms with Crippen molar-refractivity contribution in [3.63, 3.8) is 0 Å². The summed E-state index contributed by atoms with van der Waals surface area (Å²) >= 11 is 0. The molecule has 6 rings (SSSR count). The van der Waals surface area contributed by atoms with E-state index in [0.717, 1.165) is 57.2 Å². The Balaban J connectivity index is 1.65. The van der Waals surface area contributed by atoms with Gasteiger partial charge < -0.3 is 4.42 Å². The molecule has 4 radical (unpaired) electrons. The van der Waals surface area contributed by atoms with E-state index in [1.807, 2.05) is 24.4 Å².